The van der Waals surface area contributed by atoms with E-state index < -0.39 is 11.8 Å². The standard InChI is InChI=1S/C25H32N4O5/c1-5-7-12-26-24(31)25(32)29-27-15-19-9-11-21(22(14-19)33-6-2)34-16-23(30)28-20-10-8-17(3)18(4)13-20/h8-11,13-15H,5-7,12,16H2,1-4H3,(H,26,31)(H,28,30)(H,29,32)/b27-15-. The van der Waals surface area contributed by atoms with Crippen molar-refractivity contribution in [2.24, 2.45) is 5.10 Å². The molecule has 0 unspecified atom stereocenters. The molecule has 3 amide bonds. The van der Waals surface area contributed by atoms with Gasteiger partial charge in [0, 0.05) is 12.2 Å². The average Bonchev–Trinajstić information content (AvgIpc) is 2.81. The van der Waals surface area contributed by atoms with Crippen LogP contribution in [0.25, 0.3) is 0 Å². The van der Waals surface area contributed by atoms with Crippen molar-refractivity contribution in [3.63, 3.8) is 0 Å². The van der Waals surface area contributed by atoms with Gasteiger partial charge in [-0.2, -0.15) is 5.10 Å². The summed E-state index contributed by atoms with van der Waals surface area (Å²) < 4.78 is 11.3. The summed E-state index contributed by atoms with van der Waals surface area (Å²) in [5.74, 6) is -1.05. The maximum absolute atomic E-state index is 12.3. The summed E-state index contributed by atoms with van der Waals surface area (Å²) in [6, 6.07) is 10.7. The molecule has 0 aliphatic heterocycles. The third kappa shape index (κ3) is 8.57. The molecular weight excluding hydrogens is 436 g/mol. The number of nitrogens with one attached hydrogen (secondary N) is 3. The van der Waals surface area contributed by atoms with Crippen molar-refractivity contribution < 1.29 is 23.9 Å². The van der Waals surface area contributed by atoms with Crippen molar-refractivity contribution in [2.75, 3.05) is 25.1 Å². The Morgan fingerprint density at radius 2 is 1.74 bits per heavy atom. The number of hydrogen-bond acceptors (Lipinski definition) is 6. The van der Waals surface area contributed by atoms with Crippen LogP contribution < -0.4 is 25.5 Å². The van der Waals surface area contributed by atoms with Crippen molar-refractivity contribution in [2.45, 2.75) is 40.5 Å². The number of benzene rings is 2. The first-order valence-electron chi connectivity index (χ1n) is 11.2. The van der Waals surface area contributed by atoms with Gasteiger partial charge in [-0.05, 0) is 74.2 Å². The second-order valence-electron chi connectivity index (χ2n) is 7.58. The molecule has 2 aromatic rings. The topological polar surface area (TPSA) is 118 Å². The number of amides is 3. The zero-order valence-electron chi connectivity index (χ0n) is 20.1. The number of carbonyl (C=O) groups excluding carboxylic acids is 3. The van der Waals surface area contributed by atoms with E-state index in [1.165, 1.54) is 6.21 Å². The normalized spacial score (nSPS) is 10.6. The van der Waals surface area contributed by atoms with Crippen molar-refractivity contribution >= 4 is 29.6 Å². The molecule has 0 aliphatic carbocycles. The molecule has 0 atom stereocenters. The van der Waals surface area contributed by atoms with Crippen LogP contribution in [0.15, 0.2) is 41.5 Å². The van der Waals surface area contributed by atoms with Gasteiger partial charge < -0.3 is 20.1 Å². The molecule has 0 spiro atoms. The third-order valence-corrected chi connectivity index (χ3v) is 4.82. The van der Waals surface area contributed by atoms with Crippen LogP contribution in [0.2, 0.25) is 0 Å². The second-order valence-corrected chi connectivity index (χ2v) is 7.58. The fourth-order valence-electron chi connectivity index (χ4n) is 2.83. The van der Waals surface area contributed by atoms with Crippen molar-refractivity contribution in [1.29, 1.82) is 0 Å². The summed E-state index contributed by atoms with van der Waals surface area (Å²) in [6.45, 7) is 8.44. The first-order valence-corrected chi connectivity index (χ1v) is 11.2. The van der Waals surface area contributed by atoms with E-state index in [2.05, 4.69) is 21.2 Å². The number of carbonyl (C=O) groups is 3. The van der Waals surface area contributed by atoms with Gasteiger partial charge in [0.05, 0.1) is 12.8 Å². The Balaban J connectivity index is 1.94. The Kier molecular flexibility index (Phi) is 10.6. The van der Waals surface area contributed by atoms with Gasteiger partial charge in [-0.25, -0.2) is 5.43 Å². The summed E-state index contributed by atoms with van der Waals surface area (Å²) in [7, 11) is 0. The number of ether oxygens (including phenoxy) is 2. The Morgan fingerprint density at radius 1 is 0.941 bits per heavy atom. The molecule has 0 aromatic heterocycles. The zero-order chi connectivity index (χ0) is 24.9. The van der Waals surface area contributed by atoms with Gasteiger partial charge in [0.1, 0.15) is 0 Å². The van der Waals surface area contributed by atoms with Crippen LogP contribution in [0.1, 0.15) is 43.4 Å². The number of nitrogens with zero attached hydrogens (tertiary/aromatic N) is 1. The van der Waals surface area contributed by atoms with Crippen LogP contribution >= 0.6 is 0 Å². The molecule has 0 aliphatic rings. The van der Waals surface area contributed by atoms with Gasteiger partial charge in [0.25, 0.3) is 5.91 Å². The summed E-state index contributed by atoms with van der Waals surface area (Å²) >= 11 is 0. The van der Waals surface area contributed by atoms with Crippen LogP contribution in [0.3, 0.4) is 0 Å². The van der Waals surface area contributed by atoms with Gasteiger partial charge >= 0.3 is 11.8 Å². The van der Waals surface area contributed by atoms with Crippen LogP contribution in [-0.4, -0.2) is 43.7 Å². The molecule has 0 fully saturated rings. The van der Waals surface area contributed by atoms with E-state index in [9.17, 15) is 14.4 Å². The van der Waals surface area contributed by atoms with E-state index in [1.54, 1.807) is 18.2 Å². The Morgan fingerprint density at radius 3 is 2.44 bits per heavy atom. The van der Waals surface area contributed by atoms with Gasteiger partial charge in [-0.15, -0.1) is 0 Å². The van der Waals surface area contributed by atoms with Crippen molar-refractivity contribution in [1.82, 2.24) is 10.7 Å². The highest BCUT2D eigenvalue weighted by Gasteiger charge is 2.12. The van der Waals surface area contributed by atoms with E-state index in [4.69, 9.17) is 9.47 Å². The first kappa shape index (κ1) is 26.4. The van der Waals surface area contributed by atoms with E-state index in [-0.39, 0.29) is 12.5 Å². The lowest BCUT2D eigenvalue weighted by molar-refractivity contribution is -0.139. The van der Waals surface area contributed by atoms with Gasteiger partial charge in [0.15, 0.2) is 18.1 Å². The summed E-state index contributed by atoms with van der Waals surface area (Å²) in [4.78, 5) is 35.7. The van der Waals surface area contributed by atoms with Gasteiger partial charge in [0.2, 0.25) is 0 Å². The molecule has 9 heteroatoms. The number of hydrogen-bond donors (Lipinski definition) is 3. The molecule has 0 heterocycles. The highest BCUT2D eigenvalue weighted by molar-refractivity contribution is 6.35. The fourth-order valence-corrected chi connectivity index (χ4v) is 2.83. The maximum atomic E-state index is 12.3. The largest absolute Gasteiger partial charge is 0.490 e. The minimum Gasteiger partial charge on any atom is -0.490 e. The quantitative estimate of drug-likeness (QED) is 0.203. The van der Waals surface area contributed by atoms with E-state index in [1.807, 2.05) is 45.9 Å². The Hall–Kier alpha value is -3.88. The molecule has 34 heavy (non-hydrogen) atoms. The molecule has 2 aromatic carbocycles. The summed E-state index contributed by atoms with van der Waals surface area (Å²) in [5.41, 5.74) is 5.74. The highest BCUT2D eigenvalue weighted by Crippen LogP contribution is 2.28. The maximum Gasteiger partial charge on any atom is 0.329 e. The minimum atomic E-state index is -0.841. The van der Waals surface area contributed by atoms with Crippen molar-refractivity contribution in [3.8, 4) is 11.5 Å². The lowest BCUT2D eigenvalue weighted by Gasteiger charge is -2.13. The zero-order valence-corrected chi connectivity index (χ0v) is 20.1. The smallest absolute Gasteiger partial charge is 0.329 e. The predicted octanol–water partition coefficient (Wildman–Crippen LogP) is 3.09. The molecular formula is C25H32N4O5. The van der Waals surface area contributed by atoms with Crippen LogP contribution in [0.4, 0.5) is 5.69 Å². The van der Waals surface area contributed by atoms with Gasteiger partial charge in [-0.3, -0.25) is 14.4 Å². The van der Waals surface area contributed by atoms with Crippen molar-refractivity contribution in [3.05, 3.63) is 53.1 Å². The third-order valence-electron chi connectivity index (χ3n) is 4.82. The minimum absolute atomic E-state index is 0.191. The predicted molar refractivity (Wildman–Crippen MR) is 131 cm³/mol. The molecule has 0 radical (unpaired) electrons. The molecule has 9 nitrogen and oxygen atoms in total. The van der Waals surface area contributed by atoms with Crippen LogP contribution in [0.5, 0.6) is 11.5 Å². The molecule has 182 valence electrons. The summed E-state index contributed by atoms with van der Waals surface area (Å²) in [5, 5.41) is 9.13. The number of hydrazone groups is 1. The molecule has 3 N–H and O–H groups in total. The number of anilines is 1. The first-order chi connectivity index (χ1) is 16.3. The number of unbranched alkanes of at least 4 members (excludes halogenated alkanes) is 1. The number of aryl methyl sites for hydroxylation is 2. The summed E-state index contributed by atoms with van der Waals surface area (Å²) in [6.07, 6.45) is 3.10. The molecule has 0 saturated carbocycles. The SMILES string of the molecule is CCCCNC(=O)C(=O)N/N=C\c1ccc(OCC(=O)Nc2ccc(C)c(C)c2)c(OCC)c1. The molecule has 0 saturated heterocycles. The van der Waals surface area contributed by atoms with E-state index in [0.29, 0.717) is 35.9 Å². The van der Waals surface area contributed by atoms with E-state index in [0.717, 1.165) is 24.0 Å². The molecule has 0 bridgehead atoms. The fraction of sp³-hybridized carbons (Fsp3) is 0.360. The lowest BCUT2D eigenvalue weighted by atomic mass is 10.1. The van der Waals surface area contributed by atoms with Crippen LogP contribution in [-0.2, 0) is 14.4 Å². The molecule has 2 rings (SSSR count). The average molecular weight is 469 g/mol. The second kappa shape index (κ2) is 13.6. The highest BCUT2D eigenvalue weighted by atomic mass is 16.5. The van der Waals surface area contributed by atoms with Crippen LogP contribution in [0, 0.1) is 13.8 Å². The van der Waals surface area contributed by atoms with E-state index >= 15 is 0 Å². The monoisotopic (exact) mass is 468 g/mol. The van der Waals surface area contributed by atoms with Gasteiger partial charge in [-0.1, -0.05) is 19.4 Å². The number of rotatable bonds is 11. The Bertz CT molecular complexity index is 1040. The lowest BCUT2D eigenvalue weighted by Crippen LogP contribution is -2.38. The Labute approximate surface area is 199 Å².